The topological polar surface area (TPSA) is 49.8 Å². The van der Waals surface area contributed by atoms with Gasteiger partial charge in [-0.1, -0.05) is 30.3 Å². The number of benzene rings is 2. The number of para-hydroxylation sites is 1. The number of carboxylic acid groups (broad SMARTS) is 1. The van der Waals surface area contributed by atoms with Crippen molar-refractivity contribution in [3.8, 4) is 5.75 Å². The molecule has 21 heavy (non-hydrogen) atoms. The van der Waals surface area contributed by atoms with Gasteiger partial charge < -0.3 is 14.7 Å². The molecular weight excluding hydrogens is 266 g/mol. The molecule has 0 fully saturated rings. The van der Waals surface area contributed by atoms with Crippen LogP contribution in [-0.2, 0) is 11.3 Å². The lowest BCUT2D eigenvalue weighted by Gasteiger charge is -2.24. The van der Waals surface area contributed by atoms with Crippen molar-refractivity contribution in [1.29, 1.82) is 0 Å². The van der Waals surface area contributed by atoms with Crippen molar-refractivity contribution >= 4 is 11.7 Å². The smallest absolute Gasteiger partial charge is 0.305 e. The molecule has 0 aromatic heterocycles. The Morgan fingerprint density at radius 1 is 1.14 bits per heavy atom. The maximum absolute atomic E-state index is 10.8. The van der Waals surface area contributed by atoms with Gasteiger partial charge in [-0.25, -0.2) is 0 Å². The quantitative estimate of drug-likeness (QED) is 0.849. The Balaban J connectivity index is 2.16. The molecule has 0 heterocycles. The number of hydrogen-bond donors (Lipinski definition) is 1. The first-order chi connectivity index (χ1) is 10.2. The summed E-state index contributed by atoms with van der Waals surface area (Å²) in [6.45, 7) is 1.12. The summed E-state index contributed by atoms with van der Waals surface area (Å²) in [5.74, 6) is 0.0142. The molecule has 0 spiro atoms. The predicted octanol–water partition coefficient (Wildman–Crippen LogP) is 3.18. The number of nitrogens with zero attached hydrogens (tertiary/aromatic N) is 1. The summed E-state index contributed by atoms with van der Waals surface area (Å²) in [6, 6.07) is 17.6. The Kier molecular flexibility index (Phi) is 5.21. The van der Waals surface area contributed by atoms with Crippen LogP contribution in [-0.4, -0.2) is 24.7 Å². The lowest BCUT2D eigenvalue weighted by Crippen LogP contribution is -2.25. The van der Waals surface area contributed by atoms with Crippen LogP contribution in [0.3, 0.4) is 0 Å². The third-order valence-electron chi connectivity index (χ3n) is 3.22. The SMILES string of the molecule is COc1cccc(CN(CCC(=O)O)c2ccccc2)c1. The molecule has 0 aliphatic carbocycles. The van der Waals surface area contributed by atoms with E-state index in [9.17, 15) is 4.79 Å². The van der Waals surface area contributed by atoms with Gasteiger partial charge in [0, 0.05) is 18.8 Å². The summed E-state index contributed by atoms with van der Waals surface area (Å²) < 4.78 is 5.23. The van der Waals surface area contributed by atoms with E-state index in [4.69, 9.17) is 9.84 Å². The van der Waals surface area contributed by atoms with Gasteiger partial charge in [-0.2, -0.15) is 0 Å². The fraction of sp³-hybridized carbons (Fsp3) is 0.235. The Bertz CT molecular complexity index is 584. The predicted molar refractivity (Wildman–Crippen MR) is 82.7 cm³/mol. The summed E-state index contributed by atoms with van der Waals surface area (Å²) >= 11 is 0. The molecule has 0 bridgehead atoms. The summed E-state index contributed by atoms with van der Waals surface area (Å²) in [5.41, 5.74) is 2.10. The first-order valence-corrected chi connectivity index (χ1v) is 6.84. The molecule has 2 aromatic rings. The van der Waals surface area contributed by atoms with Crippen LogP contribution in [0.5, 0.6) is 5.75 Å². The average Bonchev–Trinajstić information content (AvgIpc) is 2.52. The molecule has 0 aliphatic rings. The van der Waals surface area contributed by atoms with E-state index in [-0.39, 0.29) is 6.42 Å². The number of methoxy groups -OCH3 is 1. The van der Waals surface area contributed by atoms with Crippen LogP contribution < -0.4 is 9.64 Å². The molecular formula is C17H19NO3. The number of ether oxygens (including phenoxy) is 1. The minimum atomic E-state index is -0.790. The summed E-state index contributed by atoms with van der Waals surface area (Å²) in [4.78, 5) is 12.9. The van der Waals surface area contributed by atoms with Gasteiger partial charge in [0.05, 0.1) is 13.5 Å². The van der Waals surface area contributed by atoms with E-state index in [1.165, 1.54) is 0 Å². The molecule has 0 saturated heterocycles. The summed E-state index contributed by atoms with van der Waals surface area (Å²) in [5, 5.41) is 8.91. The van der Waals surface area contributed by atoms with E-state index in [0.29, 0.717) is 13.1 Å². The molecule has 1 N–H and O–H groups in total. The second-order valence-electron chi connectivity index (χ2n) is 4.75. The van der Waals surface area contributed by atoms with Crippen molar-refractivity contribution in [2.45, 2.75) is 13.0 Å². The summed E-state index contributed by atoms with van der Waals surface area (Å²) in [6.07, 6.45) is 0.110. The monoisotopic (exact) mass is 285 g/mol. The molecule has 0 atom stereocenters. The second kappa shape index (κ2) is 7.33. The minimum absolute atomic E-state index is 0.110. The van der Waals surface area contributed by atoms with Gasteiger partial charge in [-0.3, -0.25) is 4.79 Å². The Morgan fingerprint density at radius 3 is 2.57 bits per heavy atom. The van der Waals surface area contributed by atoms with Gasteiger partial charge in [0.25, 0.3) is 0 Å². The highest BCUT2D eigenvalue weighted by molar-refractivity contribution is 5.67. The number of carbonyl (C=O) groups is 1. The van der Waals surface area contributed by atoms with Crippen LogP contribution in [0.4, 0.5) is 5.69 Å². The first kappa shape index (κ1) is 14.9. The van der Waals surface area contributed by atoms with Crippen molar-refractivity contribution in [1.82, 2.24) is 0 Å². The molecule has 4 nitrogen and oxygen atoms in total. The number of aliphatic carboxylic acids is 1. The zero-order valence-corrected chi connectivity index (χ0v) is 12.0. The molecule has 4 heteroatoms. The second-order valence-corrected chi connectivity index (χ2v) is 4.75. The molecule has 110 valence electrons. The molecule has 0 radical (unpaired) electrons. The molecule has 0 saturated carbocycles. The highest BCUT2D eigenvalue weighted by atomic mass is 16.5. The summed E-state index contributed by atoms with van der Waals surface area (Å²) in [7, 11) is 1.64. The first-order valence-electron chi connectivity index (χ1n) is 6.84. The molecule has 0 aliphatic heterocycles. The fourth-order valence-corrected chi connectivity index (χ4v) is 2.16. The van der Waals surface area contributed by atoms with Gasteiger partial charge >= 0.3 is 5.97 Å². The number of rotatable bonds is 7. The Labute approximate surface area is 124 Å². The van der Waals surface area contributed by atoms with Crippen molar-refractivity contribution in [2.24, 2.45) is 0 Å². The normalized spacial score (nSPS) is 10.1. The van der Waals surface area contributed by atoms with Gasteiger partial charge in [0.1, 0.15) is 5.75 Å². The van der Waals surface area contributed by atoms with E-state index < -0.39 is 5.97 Å². The van der Waals surface area contributed by atoms with Gasteiger partial charge in [0.15, 0.2) is 0 Å². The van der Waals surface area contributed by atoms with E-state index in [1.54, 1.807) is 7.11 Å². The van der Waals surface area contributed by atoms with Gasteiger partial charge in [-0.05, 0) is 29.8 Å². The van der Waals surface area contributed by atoms with E-state index >= 15 is 0 Å². The van der Waals surface area contributed by atoms with Crippen LogP contribution >= 0.6 is 0 Å². The zero-order chi connectivity index (χ0) is 15.1. The Hall–Kier alpha value is -2.49. The van der Waals surface area contributed by atoms with Crippen LogP contribution in [0.2, 0.25) is 0 Å². The van der Waals surface area contributed by atoms with Crippen LogP contribution in [0.1, 0.15) is 12.0 Å². The number of anilines is 1. The highest BCUT2D eigenvalue weighted by Gasteiger charge is 2.09. The van der Waals surface area contributed by atoms with Crippen LogP contribution in [0.15, 0.2) is 54.6 Å². The third-order valence-corrected chi connectivity index (χ3v) is 3.22. The Morgan fingerprint density at radius 2 is 1.90 bits per heavy atom. The molecule has 0 unspecified atom stereocenters. The zero-order valence-electron chi connectivity index (χ0n) is 12.0. The van der Waals surface area contributed by atoms with Crippen LogP contribution in [0.25, 0.3) is 0 Å². The lowest BCUT2D eigenvalue weighted by molar-refractivity contribution is -0.136. The van der Waals surface area contributed by atoms with Crippen molar-refractivity contribution in [3.05, 3.63) is 60.2 Å². The maximum Gasteiger partial charge on any atom is 0.305 e. The van der Waals surface area contributed by atoms with Crippen molar-refractivity contribution < 1.29 is 14.6 Å². The fourth-order valence-electron chi connectivity index (χ4n) is 2.16. The lowest BCUT2D eigenvalue weighted by atomic mass is 10.1. The van der Waals surface area contributed by atoms with Crippen LogP contribution in [0, 0.1) is 0 Å². The molecule has 2 rings (SSSR count). The third kappa shape index (κ3) is 4.53. The number of hydrogen-bond acceptors (Lipinski definition) is 3. The largest absolute Gasteiger partial charge is 0.497 e. The average molecular weight is 285 g/mol. The minimum Gasteiger partial charge on any atom is -0.497 e. The van der Waals surface area contributed by atoms with E-state index in [0.717, 1.165) is 17.0 Å². The molecule has 0 amide bonds. The highest BCUT2D eigenvalue weighted by Crippen LogP contribution is 2.19. The number of carboxylic acids is 1. The van der Waals surface area contributed by atoms with Crippen molar-refractivity contribution in [3.63, 3.8) is 0 Å². The van der Waals surface area contributed by atoms with Gasteiger partial charge in [0.2, 0.25) is 0 Å². The van der Waals surface area contributed by atoms with E-state index in [1.807, 2.05) is 54.6 Å². The van der Waals surface area contributed by atoms with Crippen molar-refractivity contribution in [2.75, 3.05) is 18.6 Å². The van der Waals surface area contributed by atoms with E-state index in [2.05, 4.69) is 4.90 Å². The maximum atomic E-state index is 10.8. The molecule has 2 aromatic carbocycles. The standard InChI is InChI=1S/C17H19NO3/c1-21-16-9-5-6-14(12-16)13-18(11-10-17(19)20)15-7-3-2-4-8-15/h2-9,12H,10-11,13H2,1H3,(H,19,20). The van der Waals surface area contributed by atoms with Gasteiger partial charge in [-0.15, -0.1) is 0 Å².